The van der Waals surface area contributed by atoms with Crippen LogP contribution in [0.2, 0.25) is 0 Å². The predicted molar refractivity (Wildman–Crippen MR) is 93.7 cm³/mol. The number of aromatic hydroxyl groups is 1. The molecule has 0 saturated heterocycles. The van der Waals surface area contributed by atoms with Crippen LogP contribution in [0.4, 0.5) is 0 Å². The summed E-state index contributed by atoms with van der Waals surface area (Å²) in [7, 11) is 0. The van der Waals surface area contributed by atoms with Crippen molar-refractivity contribution in [2.45, 2.75) is 0 Å². The van der Waals surface area contributed by atoms with Crippen LogP contribution in [0.3, 0.4) is 0 Å². The number of phenolic OH excluding ortho intramolecular Hbond substituents is 1. The van der Waals surface area contributed by atoms with Gasteiger partial charge in [-0.15, -0.1) is 0 Å². The number of fused-ring (bicyclic) bond motifs is 7. The van der Waals surface area contributed by atoms with Crippen LogP contribution >= 0.6 is 0 Å². The van der Waals surface area contributed by atoms with Crippen molar-refractivity contribution in [2.75, 3.05) is 0 Å². The summed E-state index contributed by atoms with van der Waals surface area (Å²) in [5.74, 6) is 0.161. The Morgan fingerprint density at radius 1 is 0.522 bits per heavy atom. The summed E-state index contributed by atoms with van der Waals surface area (Å²) >= 11 is 0. The van der Waals surface area contributed by atoms with Gasteiger partial charge < -0.3 is 5.11 Å². The molecular formula is C20H12N2O. The summed E-state index contributed by atoms with van der Waals surface area (Å²) in [6.07, 6.45) is 0. The molecule has 0 unspecified atom stereocenters. The van der Waals surface area contributed by atoms with Gasteiger partial charge >= 0.3 is 0 Å². The SMILES string of the molecule is Oc1cccc2nc3c4ccccc4c4ccccc4c3nc12. The van der Waals surface area contributed by atoms with Crippen LogP contribution in [0.1, 0.15) is 0 Å². The molecule has 1 aromatic heterocycles. The topological polar surface area (TPSA) is 46.0 Å². The molecule has 0 aliphatic rings. The highest BCUT2D eigenvalue weighted by atomic mass is 16.3. The molecule has 5 rings (SSSR count). The van der Waals surface area contributed by atoms with Crippen LogP contribution in [-0.4, -0.2) is 15.1 Å². The van der Waals surface area contributed by atoms with E-state index in [1.807, 2.05) is 30.3 Å². The second-order valence-electron chi connectivity index (χ2n) is 5.66. The lowest BCUT2D eigenvalue weighted by atomic mass is 9.99. The minimum Gasteiger partial charge on any atom is -0.506 e. The Morgan fingerprint density at radius 2 is 1.09 bits per heavy atom. The van der Waals surface area contributed by atoms with Gasteiger partial charge in [-0.05, 0) is 22.9 Å². The molecule has 1 N–H and O–H groups in total. The lowest BCUT2D eigenvalue weighted by Crippen LogP contribution is -1.91. The Morgan fingerprint density at radius 3 is 1.74 bits per heavy atom. The number of benzene rings is 4. The standard InChI is InChI=1S/C20H12N2O/c23-17-11-5-10-16-20(17)22-19-15-9-4-2-7-13(15)12-6-1-3-8-14(12)18(19)21-16/h1-11,23H. The van der Waals surface area contributed by atoms with Crippen molar-refractivity contribution in [1.29, 1.82) is 0 Å². The zero-order chi connectivity index (χ0) is 15.4. The monoisotopic (exact) mass is 296 g/mol. The van der Waals surface area contributed by atoms with E-state index in [-0.39, 0.29) is 5.75 Å². The van der Waals surface area contributed by atoms with E-state index in [0.717, 1.165) is 27.2 Å². The summed E-state index contributed by atoms with van der Waals surface area (Å²) in [5.41, 5.74) is 2.95. The molecule has 3 nitrogen and oxygen atoms in total. The molecule has 0 fully saturated rings. The number of hydrogen-bond acceptors (Lipinski definition) is 3. The number of nitrogens with zero attached hydrogens (tertiary/aromatic N) is 2. The van der Waals surface area contributed by atoms with Gasteiger partial charge in [0.15, 0.2) is 0 Å². The van der Waals surface area contributed by atoms with Gasteiger partial charge in [0.1, 0.15) is 11.3 Å². The first-order valence-electron chi connectivity index (χ1n) is 7.52. The van der Waals surface area contributed by atoms with Gasteiger partial charge in [-0.2, -0.15) is 0 Å². The molecule has 0 saturated carbocycles. The summed E-state index contributed by atoms with van der Waals surface area (Å²) in [6, 6.07) is 21.8. The maximum absolute atomic E-state index is 10.1. The average molecular weight is 296 g/mol. The van der Waals surface area contributed by atoms with E-state index in [1.165, 1.54) is 5.39 Å². The van der Waals surface area contributed by atoms with E-state index < -0.39 is 0 Å². The minimum absolute atomic E-state index is 0.161. The molecule has 0 radical (unpaired) electrons. The van der Waals surface area contributed by atoms with E-state index in [2.05, 4.69) is 24.3 Å². The van der Waals surface area contributed by atoms with Crippen molar-refractivity contribution in [3.05, 3.63) is 66.7 Å². The molecule has 23 heavy (non-hydrogen) atoms. The molecule has 0 spiro atoms. The van der Waals surface area contributed by atoms with E-state index in [9.17, 15) is 5.11 Å². The van der Waals surface area contributed by atoms with Crippen molar-refractivity contribution in [3.8, 4) is 5.75 Å². The molecule has 0 atom stereocenters. The van der Waals surface area contributed by atoms with E-state index in [0.29, 0.717) is 11.0 Å². The van der Waals surface area contributed by atoms with Crippen LogP contribution < -0.4 is 0 Å². The summed E-state index contributed by atoms with van der Waals surface area (Å²) < 4.78 is 0. The van der Waals surface area contributed by atoms with Crippen molar-refractivity contribution in [2.24, 2.45) is 0 Å². The third-order valence-corrected chi connectivity index (χ3v) is 4.33. The first-order chi connectivity index (χ1) is 11.3. The molecule has 0 bridgehead atoms. The largest absolute Gasteiger partial charge is 0.506 e. The van der Waals surface area contributed by atoms with Gasteiger partial charge in [0.2, 0.25) is 0 Å². The molecule has 0 aliphatic heterocycles. The average Bonchev–Trinajstić information content (AvgIpc) is 2.61. The number of para-hydroxylation sites is 1. The molecule has 108 valence electrons. The van der Waals surface area contributed by atoms with Gasteiger partial charge in [-0.1, -0.05) is 54.6 Å². The van der Waals surface area contributed by atoms with E-state index in [4.69, 9.17) is 9.97 Å². The molecule has 0 amide bonds. The van der Waals surface area contributed by atoms with Crippen molar-refractivity contribution < 1.29 is 5.11 Å². The van der Waals surface area contributed by atoms with Crippen LogP contribution in [0.25, 0.3) is 43.6 Å². The molecule has 1 heterocycles. The Bertz CT molecular complexity index is 1230. The third kappa shape index (κ3) is 1.64. The van der Waals surface area contributed by atoms with Gasteiger partial charge in [0, 0.05) is 10.8 Å². The number of phenols is 1. The Labute approximate surface area is 131 Å². The van der Waals surface area contributed by atoms with Crippen molar-refractivity contribution in [3.63, 3.8) is 0 Å². The normalized spacial score (nSPS) is 11.7. The number of rotatable bonds is 0. The third-order valence-electron chi connectivity index (χ3n) is 4.33. The summed E-state index contributed by atoms with van der Waals surface area (Å²) in [5, 5.41) is 14.6. The maximum Gasteiger partial charge on any atom is 0.143 e. The van der Waals surface area contributed by atoms with Crippen LogP contribution in [0.5, 0.6) is 5.75 Å². The van der Waals surface area contributed by atoms with Crippen LogP contribution in [0.15, 0.2) is 66.7 Å². The quantitative estimate of drug-likeness (QED) is 0.330. The summed E-state index contributed by atoms with van der Waals surface area (Å²) in [4.78, 5) is 9.54. The fourth-order valence-corrected chi connectivity index (χ4v) is 3.29. The lowest BCUT2D eigenvalue weighted by molar-refractivity contribution is 0.480. The number of hydrogen-bond donors (Lipinski definition) is 1. The maximum atomic E-state index is 10.1. The van der Waals surface area contributed by atoms with E-state index >= 15 is 0 Å². The van der Waals surface area contributed by atoms with Crippen LogP contribution in [-0.2, 0) is 0 Å². The van der Waals surface area contributed by atoms with Crippen LogP contribution in [0, 0.1) is 0 Å². The van der Waals surface area contributed by atoms with E-state index in [1.54, 1.807) is 12.1 Å². The second kappa shape index (κ2) is 4.40. The van der Waals surface area contributed by atoms with Gasteiger partial charge in [0.05, 0.1) is 16.6 Å². The fraction of sp³-hybridized carbons (Fsp3) is 0. The highest BCUT2D eigenvalue weighted by Gasteiger charge is 2.12. The molecular weight excluding hydrogens is 284 g/mol. The van der Waals surface area contributed by atoms with Gasteiger partial charge in [0.25, 0.3) is 0 Å². The molecule has 4 aromatic carbocycles. The first-order valence-corrected chi connectivity index (χ1v) is 7.52. The molecule has 3 heteroatoms. The first kappa shape index (κ1) is 12.4. The Hall–Kier alpha value is -3.20. The van der Waals surface area contributed by atoms with Crippen molar-refractivity contribution >= 4 is 43.6 Å². The summed E-state index contributed by atoms with van der Waals surface area (Å²) in [6.45, 7) is 0. The number of aromatic nitrogens is 2. The smallest absolute Gasteiger partial charge is 0.143 e. The van der Waals surface area contributed by atoms with Gasteiger partial charge in [-0.3, -0.25) is 0 Å². The highest BCUT2D eigenvalue weighted by molar-refractivity contribution is 6.23. The zero-order valence-electron chi connectivity index (χ0n) is 12.2. The second-order valence-corrected chi connectivity index (χ2v) is 5.66. The minimum atomic E-state index is 0.161. The molecule has 5 aromatic rings. The van der Waals surface area contributed by atoms with Gasteiger partial charge in [-0.25, -0.2) is 9.97 Å². The van der Waals surface area contributed by atoms with Crippen molar-refractivity contribution in [1.82, 2.24) is 9.97 Å². The Kier molecular flexibility index (Phi) is 2.36. The Balaban J connectivity index is 2.16. The zero-order valence-corrected chi connectivity index (χ0v) is 12.2. The predicted octanol–water partition coefficient (Wildman–Crippen LogP) is 4.80. The lowest BCUT2D eigenvalue weighted by Gasteiger charge is -2.10. The fourth-order valence-electron chi connectivity index (χ4n) is 3.29. The molecule has 0 aliphatic carbocycles. The highest BCUT2D eigenvalue weighted by Crippen LogP contribution is 2.34.